The number of amides is 1. The van der Waals surface area contributed by atoms with Crippen LogP contribution in [-0.4, -0.2) is 18.5 Å². The van der Waals surface area contributed by atoms with Crippen molar-refractivity contribution in [2.24, 2.45) is 0 Å². The highest BCUT2D eigenvalue weighted by molar-refractivity contribution is 6.32. The maximum absolute atomic E-state index is 12.8. The Balaban J connectivity index is 2.53. The molecule has 0 aliphatic carbocycles. The van der Waals surface area contributed by atoms with E-state index >= 15 is 0 Å². The van der Waals surface area contributed by atoms with Gasteiger partial charge in [-0.3, -0.25) is 4.79 Å². The van der Waals surface area contributed by atoms with E-state index in [-0.39, 0.29) is 18.2 Å². The number of carbonyl (C=O) groups is 2. The summed E-state index contributed by atoms with van der Waals surface area (Å²) < 4.78 is 17.3. The fourth-order valence-electron chi connectivity index (χ4n) is 1.10. The highest BCUT2D eigenvalue weighted by Gasteiger charge is 2.13. The number of hydrogen-bond acceptors (Lipinski definition) is 3. The van der Waals surface area contributed by atoms with Gasteiger partial charge in [0.1, 0.15) is 5.82 Å². The van der Waals surface area contributed by atoms with Crippen LogP contribution in [0.2, 0.25) is 5.02 Å². The third kappa shape index (κ3) is 4.03. The van der Waals surface area contributed by atoms with Crippen molar-refractivity contribution in [1.82, 2.24) is 5.32 Å². The topological polar surface area (TPSA) is 55.4 Å². The van der Waals surface area contributed by atoms with Crippen molar-refractivity contribution in [3.8, 4) is 0 Å². The number of nitrogens with one attached hydrogen (secondary N) is 1. The molecule has 17 heavy (non-hydrogen) atoms. The molecular weight excluding hydrogens is 249 g/mol. The molecule has 1 amide bonds. The number of esters is 1. The summed E-state index contributed by atoms with van der Waals surface area (Å²) in [4.78, 5) is 22.1. The first-order chi connectivity index (χ1) is 8.04. The summed E-state index contributed by atoms with van der Waals surface area (Å²) in [7, 11) is 0. The number of halogens is 2. The van der Waals surface area contributed by atoms with E-state index in [9.17, 15) is 14.0 Å². The van der Waals surface area contributed by atoms with Gasteiger partial charge in [0.05, 0.1) is 11.6 Å². The van der Waals surface area contributed by atoms with Crippen molar-refractivity contribution in [1.29, 1.82) is 0 Å². The van der Waals surface area contributed by atoms with Crippen LogP contribution in [0.3, 0.4) is 0 Å². The highest BCUT2D eigenvalue weighted by atomic mass is 35.5. The Hall–Kier alpha value is -1.62. The summed E-state index contributed by atoms with van der Waals surface area (Å²) in [5.74, 6) is -2.32. The van der Waals surface area contributed by atoms with E-state index in [2.05, 4.69) is 10.1 Å². The Kier molecular flexibility index (Phi) is 4.90. The summed E-state index contributed by atoms with van der Waals surface area (Å²) in [6.45, 7) is 1.82. The number of ether oxygens (including phenoxy) is 1. The third-order valence-electron chi connectivity index (χ3n) is 1.90. The zero-order chi connectivity index (χ0) is 12.8. The standard InChI is InChI=1S/C11H11ClFNO3/c1-2-17-11(16)10(15)14-6-7-3-4-9(13)8(12)5-7/h3-5H,2,6H2,1H3,(H,14,15). The van der Waals surface area contributed by atoms with Crippen LogP contribution in [-0.2, 0) is 20.9 Å². The van der Waals surface area contributed by atoms with Gasteiger partial charge in [0, 0.05) is 6.54 Å². The number of hydrogen-bond donors (Lipinski definition) is 1. The molecule has 0 aliphatic heterocycles. The number of benzene rings is 1. The van der Waals surface area contributed by atoms with Crippen LogP contribution >= 0.6 is 11.6 Å². The average Bonchev–Trinajstić information content (AvgIpc) is 2.30. The van der Waals surface area contributed by atoms with Crippen molar-refractivity contribution in [2.45, 2.75) is 13.5 Å². The minimum Gasteiger partial charge on any atom is -0.459 e. The van der Waals surface area contributed by atoms with Gasteiger partial charge in [-0.05, 0) is 24.6 Å². The van der Waals surface area contributed by atoms with Crippen LogP contribution in [0.15, 0.2) is 18.2 Å². The summed E-state index contributed by atoms with van der Waals surface area (Å²) in [6, 6.07) is 4.03. The lowest BCUT2D eigenvalue weighted by Gasteiger charge is -2.05. The molecule has 0 fully saturated rings. The first kappa shape index (κ1) is 13.4. The van der Waals surface area contributed by atoms with Crippen LogP contribution in [0.25, 0.3) is 0 Å². The normalized spacial score (nSPS) is 9.82. The van der Waals surface area contributed by atoms with Gasteiger partial charge >= 0.3 is 11.9 Å². The maximum atomic E-state index is 12.8. The van der Waals surface area contributed by atoms with Crippen molar-refractivity contribution >= 4 is 23.5 Å². The monoisotopic (exact) mass is 259 g/mol. The average molecular weight is 260 g/mol. The van der Waals surface area contributed by atoms with E-state index in [1.54, 1.807) is 6.92 Å². The fraction of sp³-hybridized carbons (Fsp3) is 0.273. The lowest BCUT2D eigenvalue weighted by molar-refractivity contribution is -0.154. The SMILES string of the molecule is CCOC(=O)C(=O)NCc1ccc(F)c(Cl)c1. The Bertz CT molecular complexity index is 437. The predicted octanol–water partition coefficient (Wildman–Crippen LogP) is 1.66. The van der Waals surface area contributed by atoms with Crippen molar-refractivity contribution < 1.29 is 18.7 Å². The minimum atomic E-state index is -0.944. The van der Waals surface area contributed by atoms with Gasteiger partial charge in [-0.1, -0.05) is 17.7 Å². The van der Waals surface area contributed by atoms with Crippen LogP contribution in [0.4, 0.5) is 4.39 Å². The first-order valence-corrected chi connectivity index (χ1v) is 5.31. The van der Waals surface area contributed by atoms with Gasteiger partial charge < -0.3 is 10.1 Å². The molecule has 0 saturated heterocycles. The van der Waals surface area contributed by atoms with Gasteiger partial charge in [-0.25, -0.2) is 9.18 Å². The highest BCUT2D eigenvalue weighted by Crippen LogP contribution is 2.15. The minimum absolute atomic E-state index is 0.0344. The van der Waals surface area contributed by atoms with Crippen molar-refractivity contribution in [3.63, 3.8) is 0 Å². The van der Waals surface area contributed by atoms with E-state index in [0.717, 1.165) is 0 Å². The lowest BCUT2D eigenvalue weighted by atomic mass is 10.2. The summed E-state index contributed by atoms with van der Waals surface area (Å²) in [6.07, 6.45) is 0. The third-order valence-corrected chi connectivity index (χ3v) is 2.19. The summed E-state index contributed by atoms with van der Waals surface area (Å²) in [5.41, 5.74) is 0.592. The van der Waals surface area contributed by atoms with Crippen LogP contribution in [0, 0.1) is 5.82 Å². The van der Waals surface area contributed by atoms with E-state index in [0.29, 0.717) is 5.56 Å². The first-order valence-electron chi connectivity index (χ1n) is 4.93. The van der Waals surface area contributed by atoms with E-state index < -0.39 is 17.7 Å². The Morgan fingerprint density at radius 2 is 2.18 bits per heavy atom. The van der Waals surface area contributed by atoms with Crippen LogP contribution in [0.5, 0.6) is 0 Å². The zero-order valence-corrected chi connectivity index (χ0v) is 9.88. The lowest BCUT2D eigenvalue weighted by Crippen LogP contribution is -2.32. The predicted molar refractivity (Wildman–Crippen MR) is 59.9 cm³/mol. The molecule has 1 aromatic carbocycles. The molecule has 0 saturated carbocycles. The molecule has 1 rings (SSSR count). The summed E-state index contributed by atoms with van der Waals surface area (Å²) >= 11 is 5.56. The maximum Gasteiger partial charge on any atom is 0.396 e. The molecule has 1 N–H and O–H groups in total. The van der Waals surface area contributed by atoms with Gasteiger partial charge in [-0.15, -0.1) is 0 Å². The molecule has 6 heteroatoms. The molecule has 0 unspecified atom stereocenters. The van der Waals surface area contributed by atoms with Gasteiger partial charge in [0.2, 0.25) is 0 Å². The Morgan fingerprint density at radius 3 is 2.76 bits per heavy atom. The molecule has 0 atom stereocenters. The second-order valence-electron chi connectivity index (χ2n) is 3.15. The van der Waals surface area contributed by atoms with Crippen molar-refractivity contribution in [2.75, 3.05) is 6.61 Å². The van der Waals surface area contributed by atoms with E-state index in [1.807, 2.05) is 0 Å². The van der Waals surface area contributed by atoms with Crippen LogP contribution in [0.1, 0.15) is 12.5 Å². The van der Waals surface area contributed by atoms with Gasteiger partial charge in [0.15, 0.2) is 0 Å². The Morgan fingerprint density at radius 1 is 1.47 bits per heavy atom. The molecule has 0 spiro atoms. The second kappa shape index (κ2) is 6.20. The molecule has 1 aromatic rings. The van der Waals surface area contributed by atoms with Gasteiger partial charge in [-0.2, -0.15) is 0 Å². The molecule has 0 radical (unpaired) electrons. The molecular formula is C11H11ClFNO3. The number of rotatable bonds is 3. The molecule has 0 aromatic heterocycles. The zero-order valence-electron chi connectivity index (χ0n) is 9.13. The Labute approximate surface area is 103 Å². The van der Waals surface area contributed by atoms with Crippen molar-refractivity contribution in [3.05, 3.63) is 34.6 Å². The smallest absolute Gasteiger partial charge is 0.396 e. The molecule has 0 bridgehead atoms. The van der Waals surface area contributed by atoms with E-state index in [1.165, 1.54) is 18.2 Å². The fourth-order valence-corrected chi connectivity index (χ4v) is 1.30. The number of carbonyl (C=O) groups excluding carboxylic acids is 2. The molecule has 0 aliphatic rings. The quantitative estimate of drug-likeness (QED) is 0.663. The van der Waals surface area contributed by atoms with E-state index in [4.69, 9.17) is 11.6 Å². The van der Waals surface area contributed by atoms with Gasteiger partial charge in [0.25, 0.3) is 0 Å². The summed E-state index contributed by atoms with van der Waals surface area (Å²) in [5, 5.41) is 2.30. The second-order valence-corrected chi connectivity index (χ2v) is 3.56. The largest absolute Gasteiger partial charge is 0.459 e. The van der Waals surface area contributed by atoms with Crippen LogP contribution < -0.4 is 5.32 Å². The molecule has 4 nitrogen and oxygen atoms in total. The molecule has 92 valence electrons. The molecule has 0 heterocycles.